The quantitative estimate of drug-likeness (QED) is 0.621. The van der Waals surface area contributed by atoms with Gasteiger partial charge in [-0.3, -0.25) is 4.72 Å². The van der Waals surface area contributed by atoms with Crippen LogP contribution in [0, 0.1) is 0 Å². The number of esters is 1. The predicted octanol–water partition coefficient (Wildman–Crippen LogP) is 2.09. The van der Waals surface area contributed by atoms with E-state index in [0.717, 1.165) is 5.56 Å². The standard InChI is InChI=1S/C19H24N2O5S/c1-12(20)18(13(2)22)14-6-10-17(11-7-14)27(24,25)21-16-8-4-15(5-9-16)19(23)26-3/h4-13,18,21-22H,20H2,1-3H3. The maximum Gasteiger partial charge on any atom is 0.337 e. The first-order valence-corrected chi connectivity index (χ1v) is 9.89. The molecule has 0 amide bonds. The van der Waals surface area contributed by atoms with Crippen LogP contribution >= 0.6 is 0 Å². The summed E-state index contributed by atoms with van der Waals surface area (Å²) in [6.45, 7) is 3.44. The van der Waals surface area contributed by atoms with Crippen molar-refractivity contribution >= 4 is 21.7 Å². The van der Waals surface area contributed by atoms with Gasteiger partial charge in [0, 0.05) is 17.6 Å². The number of benzene rings is 2. The Labute approximate surface area is 159 Å². The van der Waals surface area contributed by atoms with Crippen molar-refractivity contribution in [3.8, 4) is 0 Å². The van der Waals surface area contributed by atoms with Crippen LogP contribution in [-0.2, 0) is 14.8 Å². The monoisotopic (exact) mass is 392 g/mol. The molecule has 0 bridgehead atoms. The average Bonchev–Trinajstić information content (AvgIpc) is 2.61. The van der Waals surface area contributed by atoms with E-state index in [1.807, 2.05) is 0 Å². The fraction of sp³-hybridized carbons (Fsp3) is 0.316. The molecule has 0 spiro atoms. The fourth-order valence-electron chi connectivity index (χ4n) is 2.90. The summed E-state index contributed by atoms with van der Waals surface area (Å²) >= 11 is 0. The van der Waals surface area contributed by atoms with E-state index in [9.17, 15) is 18.3 Å². The molecule has 0 aliphatic carbocycles. The van der Waals surface area contributed by atoms with Gasteiger partial charge in [0.15, 0.2) is 0 Å². The first kappa shape index (κ1) is 20.9. The number of hydrogen-bond donors (Lipinski definition) is 3. The largest absolute Gasteiger partial charge is 0.465 e. The molecule has 0 radical (unpaired) electrons. The van der Waals surface area contributed by atoms with Crippen LogP contribution in [0.4, 0.5) is 5.69 Å². The molecule has 2 aromatic carbocycles. The molecular weight excluding hydrogens is 368 g/mol. The fourth-order valence-corrected chi connectivity index (χ4v) is 3.96. The van der Waals surface area contributed by atoms with Crippen molar-refractivity contribution in [1.82, 2.24) is 0 Å². The van der Waals surface area contributed by atoms with Gasteiger partial charge < -0.3 is 15.6 Å². The van der Waals surface area contributed by atoms with Gasteiger partial charge in [-0.05, 0) is 55.8 Å². The SMILES string of the molecule is COC(=O)c1ccc(NS(=O)(=O)c2ccc(C(C(C)N)C(C)O)cc2)cc1. The molecule has 0 aliphatic heterocycles. The van der Waals surface area contributed by atoms with Crippen LogP contribution in [0.3, 0.4) is 0 Å². The zero-order valence-corrected chi connectivity index (χ0v) is 16.2. The molecule has 8 heteroatoms. The van der Waals surface area contributed by atoms with Crippen LogP contribution in [0.15, 0.2) is 53.4 Å². The number of rotatable bonds is 7. The number of carbonyl (C=O) groups is 1. The van der Waals surface area contributed by atoms with E-state index >= 15 is 0 Å². The summed E-state index contributed by atoms with van der Waals surface area (Å²) in [5.74, 6) is -0.789. The molecule has 0 saturated heterocycles. The van der Waals surface area contributed by atoms with E-state index in [4.69, 9.17) is 5.73 Å². The normalized spacial score (nSPS) is 14.9. The molecule has 3 unspecified atom stereocenters. The van der Waals surface area contributed by atoms with Crippen molar-refractivity contribution < 1.29 is 23.1 Å². The molecule has 0 saturated carbocycles. The minimum Gasteiger partial charge on any atom is -0.465 e. The van der Waals surface area contributed by atoms with Crippen molar-refractivity contribution in [2.75, 3.05) is 11.8 Å². The number of nitrogens with two attached hydrogens (primary N) is 1. The number of carbonyl (C=O) groups excluding carboxylic acids is 1. The van der Waals surface area contributed by atoms with Crippen LogP contribution in [0.5, 0.6) is 0 Å². The van der Waals surface area contributed by atoms with E-state index in [1.165, 1.54) is 43.5 Å². The highest BCUT2D eigenvalue weighted by Crippen LogP contribution is 2.25. The highest BCUT2D eigenvalue weighted by atomic mass is 32.2. The van der Waals surface area contributed by atoms with Gasteiger partial charge in [-0.1, -0.05) is 12.1 Å². The topological polar surface area (TPSA) is 119 Å². The molecule has 3 atom stereocenters. The van der Waals surface area contributed by atoms with Crippen LogP contribution in [0.2, 0.25) is 0 Å². The lowest BCUT2D eigenvalue weighted by Gasteiger charge is -2.24. The van der Waals surface area contributed by atoms with Crippen molar-refractivity contribution in [1.29, 1.82) is 0 Å². The Balaban J connectivity index is 2.20. The van der Waals surface area contributed by atoms with Crippen molar-refractivity contribution in [3.05, 3.63) is 59.7 Å². The maximum absolute atomic E-state index is 12.5. The van der Waals surface area contributed by atoms with Gasteiger partial charge in [0.05, 0.1) is 23.7 Å². The molecule has 2 aromatic rings. The molecular formula is C19H24N2O5S. The third-order valence-electron chi connectivity index (χ3n) is 4.22. The molecule has 0 heterocycles. The Kier molecular flexibility index (Phi) is 6.59. The summed E-state index contributed by atoms with van der Waals surface area (Å²) < 4.78 is 32.2. The summed E-state index contributed by atoms with van der Waals surface area (Å²) in [5, 5.41) is 9.90. The lowest BCUT2D eigenvalue weighted by Crippen LogP contribution is -2.32. The number of sulfonamides is 1. The van der Waals surface area contributed by atoms with E-state index in [1.54, 1.807) is 26.0 Å². The lowest BCUT2D eigenvalue weighted by atomic mass is 9.89. The Bertz CT molecular complexity index is 867. The smallest absolute Gasteiger partial charge is 0.337 e. The number of anilines is 1. The number of methoxy groups -OCH3 is 1. The highest BCUT2D eigenvalue weighted by molar-refractivity contribution is 7.92. The molecule has 4 N–H and O–H groups in total. The van der Waals surface area contributed by atoms with Gasteiger partial charge >= 0.3 is 5.97 Å². The van der Waals surface area contributed by atoms with Crippen LogP contribution in [0.25, 0.3) is 0 Å². The van der Waals surface area contributed by atoms with E-state index in [2.05, 4.69) is 9.46 Å². The Morgan fingerprint density at radius 3 is 2.07 bits per heavy atom. The van der Waals surface area contributed by atoms with Crippen LogP contribution in [-0.4, -0.2) is 38.7 Å². The number of hydrogen-bond acceptors (Lipinski definition) is 6. The molecule has 146 valence electrons. The zero-order valence-electron chi connectivity index (χ0n) is 15.4. The minimum atomic E-state index is -3.79. The van der Waals surface area contributed by atoms with E-state index < -0.39 is 22.1 Å². The second-order valence-electron chi connectivity index (χ2n) is 6.37. The summed E-state index contributed by atoms with van der Waals surface area (Å²) in [5.41, 5.74) is 7.33. The maximum atomic E-state index is 12.5. The van der Waals surface area contributed by atoms with Crippen molar-refractivity contribution in [2.24, 2.45) is 5.73 Å². The number of ether oxygens (including phenoxy) is 1. The summed E-state index contributed by atoms with van der Waals surface area (Å²) in [6.07, 6.45) is -0.654. The number of nitrogens with one attached hydrogen (secondary N) is 1. The lowest BCUT2D eigenvalue weighted by molar-refractivity contribution is 0.0600. The second-order valence-corrected chi connectivity index (χ2v) is 8.05. The molecule has 0 aromatic heterocycles. The Morgan fingerprint density at radius 1 is 1.07 bits per heavy atom. The highest BCUT2D eigenvalue weighted by Gasteiger charge is 2.22. The number of aliphatic hydroxyl groups is 1. The minimum absolute atomic E-state index is 0.0808. The summed E-state index contributed by atoms with van der Waals surface area (Å²) in [7, 11) is -2.52. The first-order valence-electron chi connectivity index (χ1n) is 8.40. The first-order chi connectivity index (χ1) is 12.7. The van der Waals surface area contributed by atoms with Gasteiger partial charge in [-0.15, -0.1) is 0 Å². The van der Waals surface area contributed by atoms with E-state index in [0.29, 0.717) is 11.3 Å². The van der Waals surface area contributed by atoms with Gasteiger partial charge in [0.25, 0.3) is 10.0 Å². The zero-order chi connectivity index (χ0) is 20.2. The van der Waals surface area contributed by atoms with Crippen LogP contribution in [0.1, 0.15) is 35.7 Å². The average molecular weight is 392 g/mol. The van der Waals surface area contributed by atoms with Crippen molar-refractivity contribution in [3.63, 3.8) is 0 Å². The summed E-state index contributed by atoms with van der Waals surface area (Å²) in [6, 6.07) is 11.9. The predicted molar refractivity (Wildman–Crippen MR) is 103 cm³/mol. The Morgan fingerprint density at radius 2 is 1.63 bits per heavy atom. The van der Waals surface area contributed by atoms with Crippen molar-refractivity contribution in [2.45, 2.75) is 36.8 Å². The molecule has 2 rings (SSSR count). The number of aliphatic hydroxyl groups excluding tert-OH is 1. The van der Waals surface area contributed by atoms with Gasteiger partial charge in [-0.2, -0.15) is 0 Å². The third kappa shape index (κ3) is 5.06. The third-order valence-corrected chi connectivity index (χ3v) is 5.62. The molecule has 27 heavy (non-hydrogen) atoms. The van der Waals surface area contributed by atoms with Gasteiger partial charge in [-0.25, -0.2) is 13.2 Å². The molecule has 0 aliphatic rings. The van der Waals surface area contributed by atoms with Gasteiger partial charge in [0.1, 0.15) is 0 Å². The van der Waals surface area contributed by atoms with Gasteiger partial charge in [0.2, 0.25) is 0 Å². The molecule has 7 nitrogen and oxygen atoms in total. The second kappa shape index (κ2) is 8.51. The Hall–Kier alpha value is -2.42. The summed E-state index contributed by atoms with van der Waals surface area (Å²) in [4.78, 5) is 11.5. The molecule has 0 fully saturated rings. The van der Waals surface area contributed by atoms with Crippen LogP contribution < -0.4 is 10.5 Å². The van der Waals surface area contributed by atoms with E-state index in [-0.39, 0.29) is 16.9 Å².